The number of nitrogens with zero attached hydrogens (tertiary/aromatic N) is 1. The summed E-state index contributed by atoms with van der Waals surface area (Å²) in [7, 11) is 3.50. The minimum Gasteiger partial charge on any atom is -0.359 e. The Balaban J connectivity index is 3.79. The first-order valence-electron chi connectivity index (χ1n) is 6.51. The van der Waals surface area contributed by atoms with Gasteiger partial charge in [-0.25, -0.2) is 0 Å². The topological polar surface area (TPSA) is 49.4 Å². The van der Waals surface area contributed by atoms with Gasteiger partial charge in [-0.05, 0) is 20.0 Å². The number of unbranched alkanes of at least 4 members (excludes halogenated alkanes) is 4. The highest BCUT2D eigenvalue weighted by molar-refractivity contribution is 5.79. The second kappa shape index (κ2) is 10.3. The molecule has 0 aromatic carbocycles. The van der Waals surface area contributed by atoms with E-state index in [-0.39, 0.29) is 18.4 Å². The highest BCUT2D eigenvalue weighted by Gasteiger charge is 2.16. The van der Waals surface area contributed by atoms with Crippen molar-refractivity contribution in [2.45, 2.75) is 51.5 Å². The van der Waals surface area contributed by atoms with Gasteiger partial charge in [0.15, 0.2) is 0 Å². The Morgan fingerprint density at radius 3 is 2.47 bits per heavy atom. The van der Waals surface area contributed by atoms with Crippen molar-refractivity contribution in [1.82, 2.24) is 10.2 Å². The third kappa shape index (κ3) is 7.91. The molecular formula is C13H26N2O2. The molecule has 4 nitrogen and oxygen atoms in total. The fraction of sp³-hybridized carbons (Fsp3) is 0.846. The summed E-state index contributed by atoms with van der Waals surface area (Å²) < 4.78 is 0. The summed E-state index contributed by atoms with van der Waals surface area (Å²) in [6.07, 6.45) is 7.18. The number of hydrogen-bond acceptors (Lipinski definition) is 3. The number of carbonyl (C=O) groups excluding carboxylic acids is 2. The van der Waals surface area contributed by atoms with Gasteiger partial charge in [0, 0.05) is 13.5 Å². The Bertz CT molecular complexity index is 219. The zero-order chi connectivity index (χ0) is 13.1. The van der Waals surface area contributed by atoms with Crippen LogP contribution in [-0.4, -0.2) is 43.8 Å². The monoisotopic (exact) mass is 242 g/mol. The van der Waals surface area contributed by atoms with Gasteiger partial charge >= 0.3 is 0 Å². The molecule has 0 fully saturated rings. The van der Waals surface area contributed by atoms with Crippen molar-refractivity contribution in [2.75, 3.05) is 20.6 Å². The van der Waals surface area contributed by atoms with Gasteiger partial charge in [0.05, 0.1) is 6.04 Å². The Morgan fingerprint density at radius 1 is 1.29 bits per heavy atom. The summed E-state index contributed by atoms with van der Waals surface area (Å²) in [5, 5.41) is 2.54. The van der Waals surface area contributed by atoms with E-state index in [0.717, 1.165) is 19.3 Å². The van der Waals surface area contributed by atoms with Crippen LogP contribution in [0.25, 0.3) is 0 Å². The minimum absolute atomic E-state index is 0.0834. The van der Waals surface area contributed by atoms with Crippen LogP contribution in [0, 0.1) is 0 Å². The number of rotatable bonds is 10. The van der Waals surface area contributed by atoms with Gasteiger partial charge in [0.1, 0.15) is 6.29 Å². The SMILES string of the molecule is CCCCCCCN(C)C(C=O)CC(=O)NC. The molecule has 4 heteroatoms. The van der Waals surface area contributed by atoms with Gasteiger partial charge in [-0.3, -0.25) is 9.69 Å². The third-order valence-electron chi connectivity index (χ3n) is 3.01. The van der Waals surface area contributed by atoms with Crippen molar-refractivity contribution in [2.24, 2.45) is 0 Å². The van der Waals surface area contributed by atoms with E-state index >= 15 is 0 Å². The molecule has 0 aliphatic heterocycles. The Kier molecular flexibility index (Phi) is 9.72. The van der Waals surface area contributed by atoms with Crippen LogP contribution < -0.4 is 5.32 Å². The number of aldehydes is 1. The predicted octanol–water partition coefficient (Wildman–Crippen LogP) is 1.59. The van der Waals surface area contributed by atoms with Gasteiger partial charge in [-0.1, -0.05) is 32.6 Å². The molecule has 0 spiro atoms. The van der Waals surface area contributed by atoms with E-state index in [2.05, 4.69) is 12.2 Å². The van der Waals surface area contributed by atoms with E-state index in [1.54, 1.807) is 7.05 Å². The number of amides is 1. The second-order valence-corrected chi connectivity index (χ2v) is 4.48. The highest BCUT2D eigenvalue weighted by Crippen LogP contribution is 2.06. The smallest absolute Gasteiger partial charge is 0.221 e. The Labute approximate surface area is 105 Å². The van der Waals surface area contributed by atoms with Crippen LogP contribution >= 0.6 is 0 Å². The van der Waals surface area contributed by atoms with Crippen LogP contribution in [0.3, 0.4) is 0 Å². The predicted molar refractivity (Wildman–Crippen MR) is 69.9 cm³/mol. The van der Waals surface area contributed by atoms with E-state index < -0.39 is 0 Å². The number of hydrogen-bond donors (Lipinski definition) is 1. The molecule has 1 atom stereocenters. The minimum atomic E-state index is -0.291. The van der Waals surface area contributed by atoms with Crippen LogP contribution in [0.4, 0.5) is 0 Å². The molecule has 1 N–H and O–H groups in total. The fourth-order valence-corrected chi connectivity index (χ4v) is 1.73. The molecule has 0 aromatic heterocycles. The van der Waals surface area contributed by atoms with Gasteiger partial charge in [0.25, 0.3) is 0 Å². The van der Waals surface area contributed by atoms with Crippen LogP contribution in [-0.2, 0) is 9.59 Å². The summed E-state index contributed by atoms with van der Waals surface area (Å²) in [6.45, 7) is 3.07. The molecular weight excluding hydrogens is 216 g/mol. The quantitative estimate of drug-likeness (QED) is 0.467. The second-order valence-electron chi connectivity index (χ2n) is 4.48. The molecule has 0 aromatic rings. The van der Waals surface area contributed by atoms with Crippen molar-refractivity contribution in [3.63, 3.8) is 0 Å². The summed E-state index contributed by atoms with van der Waals surface area (Å²) in [5.74, 6) is -0.0834. The van der Waals surface area contributed by atoms with Crippen molar-refractivity contribution in [3.8, 4) is 0 Å². The molecule has 1 unspecified atom stereocenters. The van der Waals surface area contributed by atoms with Crippen LogP contribution in [0.15, 0.2) is 0 Å². The average molecular weight is 242 g/mol. The average Bonchev–Trinajstić information content (AvgIpc) is 2.34. The van der Waals surface area contributed by atoms with Gasteiger partial charge in [-0.15, -0.1) is 0 Å². The van der Waals surface area contributed by atoms with Gasteiger partial charge in [0.2, 0.25) is 5.91 Å². The first-order chi connectivity index (χ1) is 8.15. The molecule has 0 bridgehead atoms. The summed E-state index contributed by atoms with van der Waals surface area (Å²) in [5.41, 5.74) is 0. The first kappa shape index (κ1) is 16.1. The van der Waals surface area contributed by atoms with Crippen molar-refractivity contribution >= 4 is 12.2 Å². The molecule has 0 radical (unpaired) electrons. The Hall–Kier alpha value is -0.900. The molecule has 0 saturated heterocycles. The molecule has 17 heavy (non-hydrogen) atoms. The normalized spacial score (nSPS) is 12.5. The maximum Gasteiger partial charge on any atom is 0.221 e. The molecule has 1 amide bonds. The molecule has 100 valence electrons. The zero-order valence-corrected chi connectivity index (χ0v) is 11.4. The summed E-state index contributed by atoms with van der Waals surface area (Å²) in [4.78, 5) is 24.1. The van der Waals surface area contributed by atoms with E-state index in [1.165, 1.54) is 25.7 Å². The summed E-state index contributed by atoms with van der Waals surface area (Å²) >= 11 is 0. The number of carbonyl (C=O) groups is 2. The largest absolute Gasteiger partial charge is 0.359 e. The molecule has 0 rings (SSSR count). The first-order valence-corrected chi connectivity index (χ1v) is 6.51. The summed E-state index contributed by atoms with van der Waals surface area (Å²) in [6, 6.07) is -0.291. The van der Waals surface area contributed by atoms with Crippen LogP contribution in [0.5, 0.6) is 0 Å². The third-order valence-corrected chi connectivity index (χ3v) is 3.01. The van der Waals surface area contributed by atoms with Crippen molar-refractivity contribution in [1.29, 1.82) is 0 Å². The standard InChI is InChI=1S/C13H26N2O2/c1-4-5-6-7-8-9-15(3)12(11-16)10-13(17)14-2/h11-12H,4-10H2,1-3H3,(H,14,17). The lowest BCUT2D eigenvalue weighted by Gasteiger charge is -2.22. The molecule has 0 heterocycles. The molecule has 0 saturated carbocycles. The Morgan fingerprint density at radius 2 is 1.94 bits per heavy atom. The van der Waals surface area contributed by atoms with Crippen molar-refractivity contribution in [3.05, 3.63) is 0 Å². The van der Waals surface area contributed by atoms with Crippen LogP contribution in [0.2, 0.25) is 0 Å². The lowest BCUT2D eigenvalue weighted by atomic mass is 10.1. The lowest BCUT2D eigenvalue weighted by Crippen LogP contribution is -2.38. The van der Waals surface area contributed by atoms with Gasteiger partial charge in [-0.2, -0.15) is 0 Å². The molecule has 0 aliphatic carbocycles. The van der Waals surface area contributed by atoms with E-state index in [1.807, 2.05) is 11.9 Å². The van der Waals surface area contributed by atoms with E-state index in [9.17, 15) is 9.59 Å². The van der Waals surface area contributed by atoms with Crippen molar-refractivity contribution < 1.29 is 9.59 Å². The van der Waals surface area contributed by atoms with E-state index in [0.29, 0.717) is 0 Å². The van der Waals surface area contributed by atoms with Crippen LogP contribution in [0.1, 0.15) is 45.4 Å². The molecule has 0 aliphatic rings. The van der Waals surface area contributed by atoms with E-state index in [4.69, 9.17) is 0 Å². The number of likely N-dealkylation sites (N-methyl/N-ethyl adjacent to an activating group) is 1. The lowest BCUT2D eigenvalue weighted by molar-refractivity contribution is -0.124. The number of nitrogens with one attached hydrogen (secondary N) is 1. The highest BCUT2D eigenvalue weighted by atomic mass is 16.1. The zero-order valence-electron chi connectivity index (χ0n) is 11.4. The maximum atomic E-state index is 11.2. The maximum absolute atomic E-state index is 11.2. The fourth-order valence-electron chi connectivity index (χ4n) is 1.73. The van der Waals surface area contributed by atoms with Gasteiger partial charge < -0.3 is 10.1 Å².